The van der Waals surface area contributed by atoms with Crippen LogP contribution in [0, 0.1) is 13.8 Å². The summed E-state index contributed by atoms with van der Waals surface area (Å²) in [6.45, 7) is 6.25. The maximum absolute atomic E-state index is 6.14. The van der Waals surface area contributed by atoms with E-state index in [2.05, 4.69) is 26.8 Å². The summed E-state index contributed by atoms with van der Waals surface area (Å²) in [6, 6.07) is 14.1. The highest BCUT2D eigenvalue weighted by Gasteiger charge is 2.11. The van der Waals surface area contributed by atoms with E-state index < -0.39 is 0 Å². The molecule has 2 heteroatoms. The lowest BCUT2D eigenvalue weighted by Crippen LogP contribution is -2.09. The summed E-state index contributed by atoms with van der Waals surface area (Å²) >= 11 is 0. The number of nitrogens with two attached hydrogens (primary N) is 1. The third-order valence-corrected chi connectivity index (χ3v) is 3.53. The average molecular weight is 255 g/mol. The molecule has 0 radical (unpaired) electrons. The average Bonchev–Trinajstić information content (AvgIpc) is 2.43. The number of benzene rings is 2. The predicted molar refractivity (Wildman–Crippen MR) is 79.7 cm³/mol. The zero-order valence-corrected chi connectivity index (χ0v) is 11.8. The number of para-hydroxylation sites is 1. The van der Waals surface area contributed by atoms with Gasteiger partial charge >= 0.3 is 0 Å². The molecule has 2 nitrogen and oxygen atoms in total. The van der Waals surface area contributed by atoms with Crippen LogP contribution in [0.5, 0.6) is 11.5 Å². The van der Waals surface area contributed by atoms with E-state index in [4.69, 9.17) is 10.5 Å². The van der Waals surface area contributed by atoms with E-state index in [1.54, 1.807) is 0 Å². The molecule has 0 aliphatic carbocycles. The SMILES string of the molecule is CC[C@H](N)c1ccccc1Oc1cccc(C)c1C. The summed E-state index contributed by atoms with van der Waals surface area (Å²) in [4.78, 5) is 0. The Morgan fingerprint density at radius 1 is 1.00 bits per heavy atom. The minimum atomic E-state index is 0.0151. The van der Waals surface area contributed by atoms with Crippen LogP contribution < -0.4 is 10.5 Å². The molecule has 0 aliphatic heterocycles. The molecule has 2 aromatic carbocycles. The second-order valence-corrected chi connectivity index (χ2v) is 4.85. The number of rotatable bonds is 4. The van der Waals surface area contributed by atoms with Gasteiger partial charge in [0.05, 0.1) is 0 Å². The van der Waals surface area contributed by atoms with Crippen molar-refractivity contribution in [2.45, 2.75) is 33.2 Å². The minimum Gasteiger partial charge on any atom is -0.457 e. The first kappa shape index (κ1) is 13.6. The first-order valence-corrected chi connectivity index (χ1v) is 6.72. The molecular formula is C17H21NO. The molecule has 0 saturated heterocycles. The fraction of sp³-hybridized carbons (Fsp3) is 0.294. The maximum Gasteiger partial charge on any atom is 0.132 e. The highest BCUT2D eigenvalue weighted by molar-refractivity contribution is 5.44. The second kappa shape index (κ2) is 5.89. The van der Waals surface area contributed by atoms with E-state index in [9.17, 15) is 0 Å². The van der Waals surface area contributed by atoms with Crippen LogP contribution in [0.1, 0.15) is 36.1 Å². The van der Waals surface area contributed by atoms with Crippen LogP contribution in [-0.4, -0.2) is 0 Å². The monoisotopic (exact) mass is 255 g/mol. The lowest BCUT2D eigenvalue weighted by atomic mass is 10.0. The van der Waals surface area contributed by atoms with Gasteiger partial charge in [0.25, 0.3) is 0 Å². The summed E-state index contributed by atoms with van der Waals surface area (Å²) in [7, 11) is 0. The van der Waals surface area contributed by atoms with Gasteiger partial charge in [-0.1, -0.05) is 37.3 Å². The normalized spacial score (nSPS) is 12.2. The molecule has 0 amide bonds. The molecule has 2 rings (SSSR count). The molecule has 0 heterocycles. The van der Waals surface area contributed by atoms with E-state index in [0.717, 1.165) is 23.5 Å². The van der Waals surface area contributed by atoms with Crippen molar-refractivity contribution in [2.24, 2.45) is 5.73 Å². The minimum absolute atomic E-state index is 0.0151. The van der Waals surface area contributed by atoms with Gasteiger partial charge in [-0.3, -0.25) is 0 Å². The van der Waals surface area contributed by atoms with Gasteiger partial charge in [0.2, 0.25) is 0 Å². The van der Waals surface area contributed by atoms with Crippen molar-refractivity contribution < 1.29 is 4.74 Å². The second-order valence-electron chi connectivity index (χ2n) is 4.85. The predicted octanol–water partition coefficient (Wildman–Crippen LogP) is 4.51. The molecule has 1 atom stereocenters. The summed E-state index contributed by atoms with van der Waals surface area (Å²) in [5.74, 6) is 1.75. The third-order valence-electron chi connectivity index (χ3n) is 3.53. The van der Waals surface area contributed by atoms with Crippen LogP contribution in [-0.2, 0) is 0 Å². The molecule has 0 aliphatic rings. The van der Waals surface area contributed by atoms with Crippen molar-refractivity contribution in [3.8, 4) is 11.5 Å². The molecule has 2 aromatic rings. The van der Waals surface area contributed by atoms with Crippen molar-refractivity contribution in [1.82, 2.24) is 0 Å². The number of ether oxygens (including phenoxy) is 1. The van der Waals surface area contributed by atoms with Crippen molar-refractivity contribution in [2.75, 3.05) is 0 Å². The zero-order valence-electron chi connectivity index (χ0n) is 11.8. The van der Waals surface area contributed by atoms with E-state index in [-0.39, 0.29) is 6.04 Å². The molecule has 0 spiro atoms. The van der Waals surface area contributed by atoms with Crippen LogP contribution in [0.4, 0.5) is 0 Å². The topological polar surface area (TPSA) is 35.2 Å². The van der Waals surface area contributed by atoms with Gasteiger partial charge in [-0.05, 0) is 43.5 Å². The molecule has 0 bridgehead atoms. The number of aryl methyl sites for hydroxylation is 1. The smallest absolute Gasteiger partial charge is 0.132 e. The molecular weight excluding hydrogens is 234 g/mol. The van der Waals surface area contributed by atoms with Crippen LogP contribution in [0.3, 0.4) is 0 Å². The molecule has 0 fully saturated rings. The van der Waals surface area contributed by atoms with Gasteiger partial charge in [-0.25, -0.2) is 0 Å². The lowest BCUT2D eigenvalue weighted by Gasteiger charge is -2.17. The van der Waals surface area contributed by atoms with E-state index in [1.807, 2.05) is 36.4 Å². The van der Waals surface area contributed by atoms with Crippen LogP contribution in [0.25, 0.3) is 0 Å². The van der Waals surface area contributed by atoms with Crippen molar-refractivity contribution in [3.05, 3.63) is 59.2 Å². The van der Waals surface area contributed by atoms with Gasteiger partial charge in [-0.15, -0.1) is 0 Å². The molecule has 100 valence electrons. The molecule has 0 unspecified atom stereocenters. The Morgan fingerprint density at radius 2 is 1.68 bits per heavy atom. The summed E-state index contributed by atoms with van der Waals surface area (Å²) < 4.78 is 6.06. The van der Waals surface area contributed by atoms with Gasteiger partial charge < -0.3 is 10.5 Å². The number of hydrogen-bond acceptors (Lipinski definition) is 2. The number of hydrogen-bond donors (Lipinski definition) is 1. The van der Waals surface area contributed by atoms with E-state index in [1.165, 1.54) is 11.1 Å². The molecule has 0 saturated carbocycles. The quantitative estimate of drug-likeness (QED) is 0.872. The Hall–Kier alpha value is -1.80. The fourth-order valence-electron chi connectivity index (χ4n) is 2.05. The van der Waals surface area contributed by atoms with Gasteiger partial charge in [0.15, 0.2) is 0 Å². The van der Waals surface area contributed by atoms with Crippen molar-refractivity contribution in [3.63, 3.8) is 0 Å². The standard InChI is InChI=1S/C17H21NO/c1-4-15(18)14-9-5-6-10-17(14)19-16-11-7-8-12(2)13(16)3/h5-11,15H,4,18H2,1-3H3/t15-/m0/s1. The Labute approximate surface area is 115 Å². The fourth-order valence-corrected chi connectivity index (χ4v) is 2.05. The largest absolute Gasteiger partial charge is 0.457 e. The first-order chi connectivity index (χ1) is 9.13. The summed E-state index contributed by atoms with van der Waals surface area (Å²) in [6.07, 6.45) is 0.896. The van der Waals surface area contributed by atoms with Crippen LogP contribution in [0.15, 0.2) is 42.5 Å². The Kier molecular flexibility index (Phi) is 4.23. The Balaban J connectivity index is 2.36. The Morgan fingerprint density at radius 3 is 2.42 bits per heavy atom. The molecule has 2 N–H and O–H groups in total. The highest BCUT2D eigenvalue weighted by Crippen LogP contribution is 2.32. The first-order valence-electron chi connectivity index (χ1n) is 6.72. The van der Waals surface area contributed by atoms with Crippen LogP contribution in [0.2, 0.25) is 0 Å². The van der Waals surface area contributed by atoms with Crippen molar-refractivity contribution in [1.29, 1.82) is 0 Å². The molecule has 0 aromatic heterocycles. The lowest BCUT2D eigenvalue weighted by molar-refractivity contribution is 0.465. The summed E-state index contributed by atoms with van der Waals surface area (Å²) in [5, 5.41) is 0. The van der Waals surface area contributed by atoms with Gasteiger partial charge in [-0.2, -0.15) is 0 Å². The highest BCUT2D eigenvalue weighted by atomic mass is 16.5. The maximum atomic E-state index is 6.14. The van der Waals surface area contributed by atoms with Gasteiger partial charge in [0, 0.05) is 11.6 Å². The zero-order chi connectivity index (χ0) is 13.8. The van der Waals surface area contributed by atoms with Gasteiger partial charge in [0.1, 0.15) is 11.5 Å². The third kappa shape index (κ3) is 2.96. The van der Waals surface area contributed by atoms with Crippen LogP contribution >= 0.6 is 0 Å². The van der Waals surface area contributed by atoms with E-state index >= 15 is 0 Å². The molecule has 19 heavy (non-hydrogen) atoms. The Bertz CT molecular complexity index is 563. The van der Waals surface area contributed by atoms with E-state index in [0.29, 0.717) is 0 Å². The van der Waals surface area contributed by atoms with Crippen molar-refractivity contribution >= 4 is 0 Å². The summed E-state index contributed by atoms with van der Waals surface area (Å²) in [5.41, 5.74) is 9.60.